The monoisotopic (exact) mass is 365 g/mol. The molecule has 0 saturated carbocycles. The first-order chi connectivity index (χ1) is 9.56. The van der Waals surface area contributed by atoms with Crippen LogP contribution in [-0.2, 0) is 16.8 Å². The molecule has 2 rings (SSSR count). The molecular weight excluding hydrogens is 355 g/mol. The summed E-state index contributed by atoms with van der Waals surface area (Å²) in [5.74, 6) is -1.89. The summed E-state index contributed by atoms with van der Waals surface area (Å²) in [5, 5.41) is 17.6. The van der Waals surface area contributed by atoms with Crippen molar-refractivity contribution in [1.29, 1.82) is 0 Å². The van der Waals surface area contributed by atoms with Crippen molar-refractivity contribution >= 4 is 33.5 Å². The van der Waals surface area contributed by atoms with Gasteiger partial charge in [-0.1, -0.05) is 21.6 Å². The Labute approximate surface area is 139 Å². The number of aromatic carboxylic acids is 2. The van der Waals surface area contributed by atoms with Crippen molar-refractivity contribution in [3.8, 4) is 0 Å². The van der Waals surface area contributed by atoms with Gasteiger partial charge >= 0.3 is 11.9 Å². The fraction of sp³-hybridized carbons (Fsp3) is 0. The quantitative estimate of drug-likeness (QED) is 0.784. The van der Waals surface area contributed by atoms with Crippen molar-refractivity contribution in [2.24, 2.45) is 0 Å². The van der Waals surface area contributed by atoms with E-state index in [-0.39, 0.29) is 27.9 Å². The van der Waals surface area contributed by atoms with Gasteiger partial charge in [0, 0.05) is 26.6 Å². The molecule has 0 fully saturated rings. The third-order valence-corrected chi connectivity index (χ3v) is 4.85. The van der Waals surface area contributed by atoms with Crippen LogP contribution >= 0.6 is 21.6 Å². The number of carboxylic acids is 2. The maximum Gasteiger partial charge on any atom is 0.335 e. The fourth-order valence-corrected chi connectivity index (χ4v) is 3.33. The Hall–Kier alpha value is -1.41. The van der Waals surface area contributed by atoms with Crippen molar-refractivity contribution in [1.82, 2.24) is 0 Å². The SMILES string of the molecule is O=C(O)c1ccc(SSc2ccc(C(=O)O)cc2)cc1.[Co]. The van der Waals surface area contributed by atoms with E-state index < -0.39 is 11.9 Å². The van der Waals surface area contributed by atoms with Crippen LogP contribution in [0.2, 0.25) is 0 Å². The molecule has 0 unspecified atom stereocenters. The first kappa shape index (κ1) is 17.6. The molecule has 0 aliphatic rings. The summed E-state index contributed by atoms with van der Waals surface area (Å²) >= 11 is 0. The number of carbonyl (C=O) groups is 2. The molecule has 1 radical (unpaired) electrons. The van der Waals surface area contributed by atoms with Crippen molar-refractivity contribution in [3.63, 3.8) is 0 Å². The molecule has 4 nitrogen and oxygen atoms in total. The number of hydrogen-bond donors (Lipinski definition) is 2. The van der Waals surface area contributed by atoms with Gasteiger partial charge in [-0.15, -0.1) is 0 Å². The zero-order chi connectivity index (χ0) is 14.5. The van der Waals surface area contributed by atoms with Crippen LogP contribution in [-0.4, -0.2) is 22.2 Å². The summed E-state index contributed by atoms with van der Waals surface area (Å²) in [5.41, 5.74) is 0.510. The van der Waals surface area contributed by atoms with Crippen molar-refractivity contribution in [3.05, 3.63) is 59.7 Å². The van der Waals surface area contributed by atoms with E-state index in [2.05, 4.69) is 0 Å². The van der Waals surface area contributed by atoms with Crippen LogP contribution in [0.15, 0.2) is 58.3 Å². The molecule has 0 atom stereocenters. The van der Waals surface area contributed by atoms with Gasteiger partial charge in [-0.05, 0) is 48.5 Å². The van der Waals surface area contributed by atoms with Crippen LogP contribution in [0.3, 0.4) is 0 Å². The van der Waals surface area contributed by atoms with Gasteiger partial charge in [-0.25, -0.2) is 9.59 Å². The minimum Gasteiger partial charge on any atom is -0.478 e. The van der Waals surface area contributed by atoms with Crippen molar-refractivity contribution < 1.29 is 36.6 Å². The van der Waals surface area contributed by atoms with Gasteiger partial charge in [0.15, 0.2) is 0 Å². The van der Waals surface area contributed by atoms with Gasteiger partial charge in [0.1, 0.15) is 0 Å². The first-order valence-corrected chi connectivity index (χ1v) is 7.72. The zero-order valence-electron chi connectivity index (χ0n) is 10.5. The molecule has 2 N–H and O–H groups in total. The van der Waals surface area contributed by atoms with Crippen LogP contribution in [0, 0.1) is 0 Å². The van der Waals surface area contributed by atoms with Crippen LogP contribution in [0.1, 0.15) is 20.7 Å². The van der Waals surface area contributed by atoms with E-state index in [9.17, 15) is 9.59 Å². The topological polar surface area (TPSA) is 74.6 Å². The Morgan fingerprint density at radius 1 is 0.667 bits per heavy atom. The average Bonchev–Trinajstić information content (AvgIpc) is 2.46. The molecule has 0 saturated heterocycles. The molecule has 0 spiro atoms. The molecular formula is C14H10CoO4S2. The summed E-state index contributed by atoms with van der Waals surface area (Å²) in [4.78, 5) is 23.3. The predicted molar refractivity (Wildman–Crippen MR) is 78.5 cm³/mol. The van der Waals surface area contributed by atoms with Crippen molar-refractivity contribution in [2.45, 2.75) is 9.79 Å². The molecule has 2 aromatic carbocycles. The fourth-order valence-electron chi connectivity index (χ4n) is 1.40. The molecule has 0 aliphatic heterocycles. The Morgan fingerprint density at radius 3 is 1.19 bits per heavy atom. The molecule has 0 bridgehead atoms. The van der Waals surface area contributed by atoms with Crippen LogP contribution < -0.4 is 0 Å². The smallest absolute Gasteiger partial charge is 0.335 e. The third-order valence-electron chi connectivity index (χ3n) is 2.44. The van der Waals surface area contributed by atoms with Gasteiger partial charge in [-0.3, -0.25) is 0 Å². The van der Waals surface area contributed by atoms with E-state index in [4.69, 9.17) is 10.2 Å². The molecule has 21 heavy (non-hydrogen) atoms. The van der Waals surface area contributed by atoms with Gasteiger partial charge in [0.25, 0.3) is 0 Å². The van der Waals surface area contributed by atoms with E-state index in [0.29, 0.717) is 0 Å². The van der Waals surface area contributed by atoms with Crippen LogP contribution in [0.4, 0.5) is 0 Å². The van der Waals surface area contributed by atoms with E-state index in [1.165, 1.54) is 21.6 Å². The molecule has 0 aromatic heterocycles. The largest absolute Gasteiger partial charge is 0.478 e. The molecule has 111 valence electrons. The van der Waals surface area contributed by atoms with Gasteiger partial charge < -0.3 is 10.2 Å². The van der Waals surface area contributed by atoms with Gasteiger partial charge in [0.05, 0.1) is 11.1 Å². The summed E-state index contributed by atoms with van der Waals surface area (Å²) in [6.07, 6.45) is 0. The second-order valence-electron chi connectivity index (χ2n) is 3.83. The average molecular weight is 365 g/mol. The maximum atomic E-state index is 10.7. The number of rotatable bonds is 5. The first-order valence-electron chi connectivity index (χ1n) is 5.57. The van der Waals surface area contributed by atoms with E-state index in [1.54, 1.807) is 48.5 Å². The van der Waals surface area contributed by atoms with Gasteiger partial charge in [-0.2, -0.15) is 0 Å². The Balaban J connectivity index is 0.00000220. The zero-order valence-corrected chi connectivity index (χ0v) is 13.2. The Morgan fingerprint density at radius 2 is 0.952 bits per heavy atom. The normalized spacial score (nSPS) is 9.71. The molecule has 0 heterocycles. The second-order valence-corrected chi connectivity index (χ2v) is 6.10. The standard InChI is InChI=1S/C14H10O4S2.Co/c15-13(16)9-1-5-11(6-2-9)19-20-12-7-3-10(4-8-12)14(17)18;/h1-8H,(H,15,16)(H,17,18);. The summed E-state index contributed by atoms with van der Waals surface area (Å²) in [6.45, 7) is 0. The summed E-state index contributed by atoms with van der Waals surface area (Å²) in [6, 6.07) is 13.2. The third kappa shape index (κ3) is 5.13. The Kier molecular flexibility index (Phi) is 6.83. The van der Waals surface area contributed by atoms with Crippen LogP contribution in [0.25, 0.3) is 0 Å². The molecule has 2 aromatic rings. The minimum atomic E-state index is -0.946. The number of hydrogen-bond acceptors (Lipinski definition) is 4. The van der Waals surface area contributed by atoms with Gasteiger partial charge in [0.2, 0.25) is 0 Å². The molecule has 0 aliphatic carbocycles. The summed E-state index contributed by atoms with van der Waals surface area (Å²) in [7, 11) is 2.97. The summed E-state index contributed by atoms with van der Waals surface area (Å²) < 4.78 is 0. The van der Waals surface area contributed by atoms with Crippen molar-refractivity contribution in [2.75, 3.05) is 0 Å². The van der Waals surface area contributed by atoms with Crippen LogP contribution in [0.5, 0.6) is 0 Å². The number of benzene rings is 2. The molecule has 7 heteroatoms. The second kappa shape index (κ2) is 8.13. The van der Waals surface area contributed by atoms with E-state index in [1.807, 2.05) is 0 Å². The maximum absolute atomic E-state index is 10.7. The Bertz CT molecular complexity index is 569. The van der Waals surface area contributed by atoms with E-state index in [0.717, 1.165) is 9.79 Å². The molecule has 0 amide bonds. The minimum absolute atomic E-state index is 0. The predicted octanol–water partition coefficient (Wildman–Crippen LogP) is 3.88. The number of carboxylic acid groups (broad SMARTS) is 2. The van der Waals surface area contributed by atoms with E-state index >= 15 is 0 Å².